The van der Waals surface area contributed by atoms with Gasteiger partial charge in [-0.3, -0.25) is 0 Å². The van der Waals surface area contributed by atoms with E-state index in [0.717, 1.165) is 34.2 Å². The predicted molar refractivity (Wildman–Crippen MR) is 114 cm³/mol. The predicted octanol–water partition coefficient (Wildman–Crippen LogP) is 6.45. The fourth-order valence-electron chi connectivity index (χ4n) is 4.86. The molecule has 1 aromatic heterocycles. The van der Waals surface area contributed by atoms with Gasteiger partial charge >= 0.3 is 6.18 Å². The molecular weight excluding hydrogens is 401 g/mol. The first-order chi connectivity index (χ1) is 14.5. The van der Waals surface area contributed by atoms with Crippen LogP contribution < -0.4 is 4.74 Å². The van der Waals surface area contributed by atoms with Gasteiger partial charge in [0.25, 0.3) is 0 Å². The van der Waals surface area contributed by atoms with Crippen LogP contribution in [0.3, 0.4) is 0 Å². The lowest BCUT2D eigenvalue weighted by molar-refractivity contribution is -0.224. The summed E-state index contributed by atoms with van der Waals surface area (Å²) in [5, 5.41) is 9.82. The number of hydrogen-bond acceptors (Lipinski definition) is 2. The van der Waals surface area contributed by atoms with Crippen molar-refractivity contribution in [2.75, 3.05) is 6.61 Å². The lowest BCUT2D eigenvalue weighted by Crippen LogP contribution is -2.42. The van der Waals surface area contributed by atoms with Crippen molar-refractivity contribution in [1.29, 1.82) is 5.26 Å². The maximum Gasteiger partial charge on any atom is 0.394 e. The highest BCUT2D eigenvalue weighted by molar-refractivity contribution is 5.81. The van der Waals surface area contributed by atoms with E-state index >= 15 is 0 Å². The Morgan fingerprint density at radius 3 is 2.58 bits per heavy atom. The molecule has 3 aromatic rings. The van der Waals surface area contributed by atoms with E-state index in [1.54, 1.807) is 24.3 Å². The smallest absolute Gasteiger partial charge is 0.394 e. The van der Waals surface area contributed by atoms with Crippen molar-refractivity contribution in [3.05, 3.63) is 64.8 Å². The number of para-hydroxylation sites is 1. The molecule has 1 atom stereocenters. The molecule has 1 aliphatic heterocycles. The lowest BCUT2D eigenvalue weighted by atomic mass is 9.68. The molecule has 0 spiro atoms. The summed E-state index contributed by atoms with van der Waals surface area (Å²) < 4.78 is 49.0. The van der Waals surface area contributed by atoms with Gasteiger partial charge in [0.05, 0.1) is 23.7 Å². The number of aromatic nitrogens is 1. The van der Waals surface area contributed by atoms with Crippen molar-refractivity contribution in [2.24, 2.45) is 5.41 Å². The van der Waals surface area contributed by atoms with Gasteiger partial charge in [0.1, 0.15) is 5.75 Å². The van der Waals surface area contributed by atoms with Crippen molar-refractivity contribution in [2.45, 2.75) is 51.6 Å². The second-order valence-corrected chi connectivity index (χ2v) is 9.40. The van der Waals surface area contributed by atoms with Crippen LogP contribution in [0.5, 0.6) is 5.75 Å². The number of ether oxygens (including phenoxy) is 1. The first-order valence-corrected chi connectivity index (χ1v) is 10.4. The molecule has 162 valence electrons. The van der Waals surface area contributed by atoms with E-state index in [2.05, 4.69) is 11.1 Å². The van der Waals surface area contributed by atoms with E-state index in [-0.39, 0.29) is 12.8 Å². The molecule has 1 N–H and O–H groups in total. The number of H-pyrrole nitrogens is 1. The van der Waals surface area contributed by atoms with Crippen LogP contribution in [0.2, 0.25) is 0 Å². The van der Waals surface area contributed by atoms with Gasteiger partial charge in [0.2, 0.25) is 0 Å². The van der Waals surface area contributed by atoms with Crippen LogP contribution >= 0.6 is 0 Å². The molecule has 6 heteroatoms. The second kappa shape index (κ2) is 7.33. The summed E-state index contributed by atoms with van der Waals surface area (Å²) in [4.78, 5) is 3.11. The fraction of sp³-hybridized carbons (Fsp3) is 0.400. The summed E-state index contributed by atoms with van der Waals surface area (Å²) in [6.45, 7) is 5.58. The monoisotopic (exact) mass is 426 g/mol. The Kier molecular flexibility index (Phi) is 5.04. The number of hydrogen-bond donors (Lipinski definition) is 1. The summed E-state index contributed by atoms with van der Waals surface area (Å²) in [5.41, 5.74) is 0.922. The van der Waals surface area contributed by atoms with Crippen molar-refractivity contribution >= 4 is 10.9 Å². The minimum Gasteiger partial charge on any atom is -0.493 e. The number of nitrogens with one attached hydrogen (secondary N) is 1. The number of nitrogens with zero attached hydrogens (tertiary/aromatic N) is 1. The molecule has 1 unspecified atom stereocenters. The van der Waals surface area contributed by atoms with Gasteiger partial charge in [-0.2, -0.15) is 18.4 Å². The van der Waals surface area contributed by atoms with Gasteiger partial charge in [-0.1, -0.05) is 39.0 Å². The number of aromatic amines is 1. The van der Waals surface area contributed by atoms with Gasteiger partial charge in [0, 0.05) is 35.0 Å². The van der Waals surface area contributed by atoms with Gasteiger partial charge in [-0.15, -0.1) is 0 Å². The highest BCUT2D eigenvalue weighted by Crippen LogP contribution is 2.51. The molecule has 0 fully saturated rings. The van der Waals surface area contributed by atoms with Crippen molar-refractivity contribution in [1.82, 2.24) is 4.98 Å². The van der Waals surface area contributed by atoms with E-state index in [9.17, 15) is 13.2 Å². The quantitative estimate of drug-likeness (QED) is 0.509. The first kappa shape index (κ1) is 21.3. The number of halogens is 3. The van der Waals surface area contributed by atoms with Crippen LogP contribution in [-0.4, -0.2) is 17.8 Å². The Hall–Kier alpha value is -2.94. The Labute approximate surface area is 179 Å². The molecule has 0 amide bonds. The van der Waals surface area contributed by atoms with E-state index in [1.807, 2.05) is 32.0 Å². The van der Waals surface area contributed by atoms with Crippen molar-refractivity contribution in [3.63, 3.8) is 0 Å². The molecule has 2 heterocycles. The number of fused-ring (bicyclic) bond motifs is 2. The first-order valence-electron chi connectivity index (χ1n) is 10.4. The van der Waals surface area contributed by atoms with Crippen LogP contribution in [0.4, 0.5) is 13.2 Å². The molecule has 31 heavy (non-hydrogen) atoms. The SMILES string of the molecule is CC(C)(CC(C)(Cc1cc2cc(C#N)ccc2[nH]1)C(F)(F)F)c1cccc2c1OCC2. The van der Waals surface area contributed by atoms with Crippen molar-refractivity contribution < 1.29 is 17.9 Å². The number of alkyl halides is 3. The molecule has 0 bridgehead atoms. The minimum absolute atomic E-state index is 0.0812. The van der Waals surface area contributed by atoms with Gasteiger partial charge < -0.3 is 9.72 Å². The summed E-state index contributed by atoms with van der Waals surface area (Å²) in [7, 11) is 0. The summed E-state index contributed by atoms with van der Waals surface area (Å²) in [6, 6.07) is 14.6. The average molecular weight is 426 g/mol. The maximum absolute atomic E-state index is 14.4. The molecule has 4 rings (SSSR count). The van der Waals surface area contributed by atoms with E-state index in [1.165, 1.54) is 6.92 Å². The third-order valence-corrected chi connectivity index (χ3v) is 6.35. The van der Waals surface area contributed by atoms with E-state index in [0.29, 0.717) is 17.9 Å². The number of rotatable bonds is 5. The van der Waals surface area contributed by atoms with Crippen molar-refractivity contribution in [3.8, 4) is 11.8 Å². The zero-order chi connectivity index (χ0) is 22.4. The highest BCUT2D eigenvalue weighted by Gasteiger charge is 2.53. The molecule has 3 nitrogen and oxygen atoms in total. The Balaban J connectivity index is 1.69. The number of benzene rings is 2. The average Bonchev–Trinajstić information content (AvgIpc) is 3.31. The summed E-state index contributed by atoms with van der Waals surface area (Å²) in [6.07, 6.45) is -3.86. The zero-order valence-electron chi connectivity index (χ0n) is 17.9. The van der Waals surface area contributed by atoms with Gasteiger partial charge in [-0.25, -0.2) is 0 Å². The summed E-state index contributed by atoms with van der Waals surface area (Å²) in [5.74, 6) is 0.742. The van der Waals surface area contributed by atoms with Crippen LogP contribution in [-0.2, 0) is 18.3 Å². The molecular formula is C25H25F3N2O. The van der Waals surface area contributed by atoms with Crippen LogP contribution in [0.1, 0.15) is 49.6 Å². The standard InChI is InChI=1S/C25H25F3N2O/c1-23(2,20-6-4-5-17-9-10-31-22(17)20)15-24(3,25(26,27)28)13-19-12-18-11-16(14-29)7-8-21(18)30-19/h4-8,11-12,30H,9-10,13,15H2,1-3H3. The molecule has 2 aromatic carbocycles. The molecule has 0 radical (unpaired) electrons. The van der Waals surface area contributed by atoms with Gasteiger partial charge in [-0.05, 0) is 41.7 Å². The lowest BCUT2D eigenvalue weighted by Gasteiger charge is -2.39. The normalized spacial score (nSPS) is 15.9. The largest absolute Gasteiger partial charge is 0.493 e. The zero-order valence-corrected chi connectivity index (χ0v) is 17.9. The molecule has 0 saturated carbocycles. The fourth-order valence-corrected chi connectivity index (χ4v) is 4.86. The van der Waals surface area contributed by atoms with E-state index < -0.39 is 17.0 Å². The second-order valence-electron chi connectivity index (χ2n) is 9.40. The third kappa shape index (κ3) is 3.89. The molecule has 0 saturated heterocycles. The topological polar surface area (TPSA) is 48.8 Å². The van der Waals surface area contributed by atoms with Crippen LogP contribution in [0.15, 0.2) is 42.5 Å². The Morgan fingerprint density at radius 1 is 1.10 bits per heavy atom. The molecule has 1 aliphatic rings. The summed E-state index contributed by atoms with van der Waals surface area (Å²) >= 11 is 0. The molecule has 0 aliphatic carbocycles. The third-order valence-electron chi connectivity index (χ3n) is 6.35. The van der Waals surface area contributed by atoms with Crippen LogP contribution in [0.25, 0.3) is 10.9 Å². The Bertz CT molecular complexity index is 1170. The number of nitriles is 1. The van der Waals surface area contributed by atoms with Crippen LogP contribution in [0, 0.1) is 16.7 Å². The minimum atomic E-state index is -4.39. The highest BCUT2D eigenvalue weighted by atomic mass is 19.4. The van der Waals surface area contributed by atoms with Gasteiger partial charge in [0.15, 0.2) is 0 Å². The van der Waals surface area contributed by atoms with E-state index in [4.69, 9.17) is 10.00 Å². The maximum atomic E-state index is 14.4. The Morgan fingerprint density at radius 2 is 1.87 bits per heavy atom.